The van der Waals surface area contributed by atoms with Crippen LogP contribution in [0.25, 0.3) is 0 Å². The van der Waals surface area contributed by atoms with Crippen LogP contribution in [0.15, 0.2) is 0 Å². The molecule has 0 aliphatic heterocycles. The number of rotatable bonds is 80. The van der Waals surface area contributed by atoms with Gasteiger partial charge in [-0.15, -0.1) is 0 Å². The first kappa shape index (κ1) is 93.2. The molecule has 0 saturated carbocycles. The van der Waals surface area contributed by atoms with Gasteiger partial charge in [-0.2, -0.15) is 0 Å². The van der Waals surface area contributed by atoms with Gasteiger partial charge < -0.3 is 52.8 Å². The van der Waals surface area contributed by atoms with Crippen molar-refractivity contribution in [3.63, 3.8) is 0 Å². The van der Waals surface area contributed by atoms with Crippen molar-refractivity contribution in [1.82, 2.24) is 52.8 Å². The Morgan fingerprint density at radius 2 is 0.500 bits per heavy atom. The minimum atomic E-state index is -0.351. The van der Waals surface area contributed by atoms with Crippen LogP contribution in [-0.2, 0) is 24.0 Å². The monoisotopic (exact) mass is 1360 g/mol. The van der Waals surface area contributed by atoms with Crippen LogP contribution in [0.1, 0.15) is 388 Å². The molecule has 0 aromatic rings. The summed E-state index contributed by atoms with van der Waals surface area (Å²) in [5.74, 6) is -0.0993. The van der Waals surface area contributed by atoms with Crippen LogP contribution in [0.3, 0.4) is 0 Å². The minimum absolute atomic E-state index is 0.0270. The second kappa shape index (κ2) is 77.9. The van der Waals surface area contributed by atoms with Gasteiger partial charge >= 0.3 is 0 Å². The van der Waals surface area contributed by atoms with E-state index in [1.54, 1.807) is 0 Å². The fraction of sp³-hybridized carbons (Fsp3) is 0.938. The fourth-order valence-electron chi connectivity index (χ4n) is 12.9. The van der Waals surface area contributed by atoms with Crippen molar-refractivity contribution in [3.05, 3.63) is 0 Å². The smallest absolute Gasteiger partial charge is 0.224 e. The Hall–Kier alpha value is -2.85. The van der Waals surface area contributed by atoms with Gasteiger partial charge in [-0.05, 0) is 38.5 Å². The van der Waals surface area contributed by atoms with Crippen LogP contribution in [0.4, 0.5) is 0 Å². The Labute approximate surface area is 594 Å². The summed E-state index contributed by atoms with van der Waals surface area (Å²) in [7, 11) is 0. The maximum Gasteiger partial charge on any atom is 0.224 e. The van der Waals surface area contributed by atoms with Crippen LogP contribution in [-0.4, -0.2) is 132 Å². The molecule has 0 bridgehead atoms. The van der Waals surface area contributed by atoms with Gasteiger partial charge in [0.15, 0.2) is 0 Å². The number of carbonyl (C=O) groups is 5. The lowest BCUT2D eigenvalue weighted by atomic mass is 10.0. The molecule has 568 valence electrons. The van der Waals surface area contributed by atoms with E-state index in [-0.39, 0.29) is 41.6 Å². The standard InChI is InChI=1S/C81H164N10O5/c1-6-11-16-21-26-31-36-41-46-51-60-86-77(92)56-65-84-76(85-66-57-78(93)87-61-52-47-42-37-32-27-22-17-12-7-2)73-75(81(96)90-64-55-50-45-40-35-30-25-20-15-10-5)74-83-68-67-82-69-72-91(70-58-79(94)88-62-53-48-43-38-33-28-23-18-13-8-3)71-59-80(95)89-63-54-49-44-39-34-29-24-19-14-9-4/h75-76,82-85H,6-74H2,1-5H3,(H,86,92)(H,87,93)(H,88,94)(H,89,95)(H,90,96). The number of hydrogen-bond donors (Lipinski definition) is 9. The Morgan fingerprint density at radius 3 is 0.792 bits per heavy atom. The van der Waals surface area contributed by atoms with Crippen LogP contribution in [0.2, 0.25) is 0 Å². The van der Waals surface area contributed by atoms with Gasteiger partial charge in [-0.3, -0.25) is 24.0 Å². The van der Waals surface area contributed by atoms with E-state index in [9.17, 15) is 24.0 Å². The van der Waals surface area contributed by atoms with Crippen molar-refractivity contribution >= 4 is 29.5 Å². The lowest BCUT2D eigenvalue weighted by Crippen LogP contribution is -2.49. The van der Waals surface area contributed by atoms with Gasteiger partial charge in [0.1, 0.15) is 0 Å². The van der Waals surface area contributed by atoms with Gasteiger partial charge in [0.25, 0.3) is 0 Å². The summed E-state index contributed by atoms with van der Waals surface area (Å²) in [5, 5.41) is 30.3. The first-order valence-corrected chi connectivity index (χ1v) is 42.1. The molecule has 0 spiro atoms. The van der Waals surface area contributed by atoms with Crippen LogP contribution < -0.4 is 47.9 Å². The molecule has 5 amide bonds. The third-order valence-corrected chi connectivity index (χ3v) is 19.4. The van der Waals surface area contributed by atoms with Crippen molar-refractivity contribution in [1.29, 1.82) is 0 Å². The summed E-state index contributed by atoms with van der Waals surface area (Å²) < 4.78 is 0. The summed E-state index contributed by atoms with van der Waals surface area (Å²) >= 11 is 0. The van der Waals surface area contributed by atoms with Crippen LogP contribution in [0, 0.1) is 5.92 Å². The zero-order valence-corrected chi connectivity index (χ0v) is 64.4. The van der Waals surface area contributed by atoms with E-state index < -0.39 is 0 Å². The minimum Gasteiger partial charge on any atom is -0.356 e. The molecule has 0 aromatic carbocycles. The SMILES string of the molecule is CCCCCCCCCCCCNC(=O)CCNC(CC(CNCCNCCN(CCC(=O)NCCCCCCCCCCCC)CCC(=O)NCCCCCCCCCCCC)C(=O)NCCCCCCCCCCCC)NCCC(=O)NCCCCCCCCCCCC. The van der Waals surface area contributed by atoms with Crippen molar-refractivity contribution in [2.24, 2.45) is 5.92 Å². The molecule has 0 heterocycles. The van der Waals surface area contributed by atoms with Crippen LogP contribution in [0.5, 0.6) is 0 Å². The van der Waals surface area contributed by atoms with Gasteiger partial charge in [-0.1, -0.05) is 324 Å². The first-order valence-electron chi connectivity index (χ1n) is 42.1. The van der Waals surface area contributed by atoms with E-state index in [2.05, 4.69) is 87.4 Å². The van der Waals surface area contributed by atoms with E-state index in [0.29, 0.717) is 104 Å². The molecule has 96 heavy (non-hydrogen) atoms. The van der Waals surface area contributed by atoms with E-state index >= 15 is 0 Å². The Morgan fingerprint density at radius 1 is 0.250 bits per heavy atom. The summed E-state index contributed by atoms with van der Waals surface area (Å²) in [4.78, 5) is 68.9. The number of nitrogens with zero attached hydrogens (tertiary/aromatic N) is 1. The van der Waals surface area contributed by atoms with E-state index in [1.165, 1.54) is 257 Å². The number of amides is 5. The lowest BCUT2D eigenvalue weighted by molar-refractivity contribution is -0.126. The number of unbranched alkanes of at least 4 members (excludes halogenated alkanes) is 45. The third-order valence-electron chi connectivity index (χ3n) is 19.4. The molecule has 0 aliphatic rings. The first-order chi connectivity index (χ1) is 47.2. The summed E-state index contributed by atoms with van der Waals surface area (Å²) in [5.41, 5.74) is 0. The molecule has 0 saturated heterocycles. The number of nitrogens with one attached hydrogen (secondary N) is 9. The van der Waals surface area contributed by atoms with Crippen molar-refractivity contribution < 1.29 is 24.0 Å². The molecule has 0 radical (unpaired) electrons. The fourth-order valence-corrected chi connectivity index (χ4v) is 12.9. The molecule has 9 N–H and O–H groups in total. The highest BCUT2D eigenvalue weighted by atomic mass is 16.2. The number of hydrogen-bond acceptors (Lipinski definition) is 10. The predicted octanol–water partition coefficient (Wildman–Crippen LogP) is 17.7. The summed E-state index contributed by atoms with van der Waals surface area (Å²) in [6.07, 6.45) is 64.7. The molecule has 1 atom stereocenters. The lowest BCUT2D eigenvalue weighted by Gasteiger charge is -2.26. The average molecular weight is 1360 g/mol. The maximum absolute atomic E-state index is 14.2. The highest BCUT2D eigenvalue weighted by Gasteiger charge is 2.23. The van der Waals surface area contributed by atoms with Gasteiger partial charge in [0.2, 0.25) is 29.5 Å². The largest absolute Gasteiger partial charge is 0.356 e. The molecule has 0 fully saturated rings. The third kappa shape index (κ3) is 71.0. The average Bonchev–Trinajstić information content (AvgIpc) is 2.44. The van der Waals surface area contributed by atoms with E-state index in [4.69, 9.17) is 0 Å². The highest BCUT2D eigenvalue weighted by molar-refractivity contribution is 5.79. The summed E-state index contributed by atoms with van der Waals surface area (Å²) in [6.45, 7) is 20.2. The molecule has 0 aliphatic carbocycles. The normalized spacial score (nSPS) is 11.9. The molecule has 15 heteroatoms. The molecule has 0 aromatic heterocycles. The quantitative estimate of drug-likeness (QED) is 0.0209. The zero-order valence-electron chi connectivity index (χ0n) is 64.4. The van der Waals surface area contributed by atoms with E-state index in [0.717, 1.165) is 83.8 Å². The molecular weight excluding hydrogens is 1190 g/mol. The molecule has 15 nitrogen and oxygen atoms in total. The van der Waals surface area contributed by atoms with Crippen molar-refractivity contribution in [2.75, 3.05) is 91.6 Å². The predicted molar refractivity (Wildman–Crippen MR) is 413 cm³/mol. The molecular formula is C81H164N10O5. The van der Waals surface area contributed by atoms with Crippen LogP contribution >= 0.6 is 0 Å². The topological polar surface area (TPSA) is 197 Å². The zero-order chi connectivity index (χ0) is 69.8. The molecule has 1 unspecified atom stereocenters. The van der Waals surface area contributed by atoms with Crippen molar-refractivity contribution in [2.45, 2.75) is 394 Å². The van der Waals surface area contributed by atoms with Crippen molar-refractivity contribution in [3.8, 4) is 0 Å². The highest BCUT2D eigenvalue weighted by Crippen LogP contribution is 2.16. The maximum atomic E-state index is 14.2. The van der Waals surface area contributed by atoms with Gasteiger partial charge in [-0.25, -0.2) is 0 Å². The second-order valence-electron chi connectivity index (χ2n) is 28.8. The molecule has 0 rings (SSSR count). The Balaban J connectivity index is 5.74. The summed E-state index contributed by atoms with van der Waals surface area (Å²) in [6, 6.07) is 0. The second-order valence-corrected chi connectivity index (χ2v) is 28.8. The van der Waals surface area contributed by atoms with Gasteiger partial charge in [0, 0.05) is 117 Å². The van der Waals surface area contributed by atoms with E-state index in [1.807, 2.05) is 0 Å². The Bertz CT molecular complexity index is 1580. The van der Waals surface area contributed by atoms with Gasteiger partial charge in [0.05, 0.1) is 12.1 Å². The number of carbonyl (C=O) groups excluding carboxylic acids is 5. The Kier molecular flexibility index (Phi) is 75.6.